The van der Waals surface area contributed by atoms with E-state index in [4.69, 9.17) is 4.74 Å². The molecule has 1 aromatic heterocycles. The normalized spacial score (nSPS) is 12.9. The minimum atomic E-state index is 0.344. The van der Waals surface area contributed by atoms with Gasteiger partial charge in [-0.1, -0.05) is 13.8 Å². The molecule has 1 aromatic rings. The summed E-state index contributed by atoms with van der Waals surface area (Å²) in [4.78, 5) is 4.17. The van der Waals surface area contributed by atoms with Gasteiger partial charge in [0.1, 0.15) is 0 Å². The molecule has 0 saturated carbocycles. The maximum absolute atomic E-state index is 5.19. The van der Waals surface area contributed by atoms with Crippen LogP contribution in [0.25, 0.3) is 0 Å². The van der Waals surface area contributed by atoms with Crippen LogP contribution in [0, 0.1) is 12.8 Å². The Labute approximate surface area is 91.9 Å². The fourth-order valence-electron chi connectivity index (χ4n) is 1.43. The Morgan fingerprint density at radius 1 is 1.47 bits per heavy atom. The van der Waals surface area contributed by atoms with Crippen molar-refractivity contribution < 1.29 is 4.74 Å². The van der Waals surface area contributed by atoms with Crippen LogP contribution in [0.2, 0.25) is 0 Å². The highest BCUT2D eigenvalue weighted by atomic mass is 16.5. The molecular weight excluding hydrogens is 188 g/mol. The Hall–Kier alpha value is -1.09. The van der Waals surface area contributed by atoms with E-state index in [1.807, 2.05) is 25.3 Å². The van der Waals surface area contributed by atoms with Gasteiger partial charge in [-0.3, -0.25) is 4.98 Å². The molecule has 0 fully saturated rings. The monoisotopic (exact) mass is 208 g/mol. The number of hydrogen-bond acceptors (Lipinski definition) is 3. The summed E-state index contributed by atoms with van der Waals surface area (Å²) in [5.74, 6) is 0.540. The lowest BCUT2D eigenvalue weighted by Gasteiger charge is -2.22. The Bertz CT molecular complexity index is 299. The first kappa shape index (κ1) is 12.0. The molecule has 15 heavy (non-hydrogen) atoms. The molecule has 84 valence electrons. The molecule has 3 heteroatoms. The molecule has 0 aromatic carbocycles. The van der Waals surface area contributed by atoms with Crippen molar-refractivity contribution in [1.82, 2.24) is 4.98 Å². The van der Waals surface area contributed by atoms with E-state index in [2.05, 4.69) is 24.1 Å². The van der Waals surface area contributed by atoms with Crippen molar-refractivity contribution in [3.05, 3.63) is 24.0 Å². The zero-order valence-electron chi connectivity index (χ0n) is 9.95. The lowest BCUT2D eigenvalue weighted by molar-refractivity contribution is 0.171. The number of nitrogens with zero attached hydrogens (tertiary/aromatic N) is 1. The van der Waals surface area contributed by atoms with Crippen molar-refractivity contribution in [2.24, 2.45) is 5.92 Å². The number of nitrogens with one attached hydrogen (secondary N) is 1. The third-order valence-electron chi connectivity index (χ3n) is 2.40. The van der Waals surface area contributed by atoms with Gasteiger partial charge in [-0.05, 0) is 25.0 Å². The molecule has 3 nitrogen and oxygen atoms in total. The first-order valence-electron chi connectivity index (χ1n) is 5.31. The van der Waals surface area contributed by atoms with Gasteiger partial charge < -0.3 is 10.1 Å². The molecule has 0 aliphatic rings. The van der Waals surface area contributed by atoms with Gasteiger partial charge in [0.15, 0.2) is 0 Å². The summed E-state index contributed by atoms with van der Waals surface area (Å²) in [5.41, 5.74) is 2.14. The molecule has 1 unspecified atom stereocenters. The highest BCUT2D eigenvalue weighted by molar-refractivity contribution is 5.44. The summed E-state index contributed by atoms with van der Waals surface area (Å²) < 4.78 is 5.19. The molecule has 0 spiro atoms. The summed E-state index contributed by atoms with van der Waals surface area (Å²) >= 11 is 0. The van der Waals surface area contributed by atoms with Crippen LogP contribution in [0.4, 0.5) is 5.69 Å². The molecule has 0 saturated heterocycles. The second-order valence-electron chi connectivity index (χ2n) is 4.14. The Morgan fingerprint density at radius 3 is 2.73 bits per heavy atom. The SMILES string of the molecule is COCC(Nc1ccnc(C)c1)C(C)C. The summed E-state index contributed by atoms with van der Waals surface area (Å²) in [6.07, 6.45) is 1.82. The topological polar surface area (TPSA) is 34.1 Å². The molecule has 1 N–H and O–H groups in total. The second kappa shape index (κ2) is 5.71. The summed E-state index contributed by atoms with van der Waals surface area (Å²) in [5, 5.41) is 3.46. The maximum atomic E-state index is 5.19. The highest BCUT2D eigenvalue weighted by Gasteiger charge is 2.12. The van der Waals surface area contributed by atoms with Crippen LogP contribution < -0.4 is 5.32 Å². The van der Waals surface area contributed by atoms with E-state index in [-0.39, 0.29) is 0 Å². The molecule has 0 radical (unpaired) electrons. The van der Waals surface area contributed by atoms with Crippen molar-refractivity contribution in [2.45, 2.75) is 26.8 Å². The number of rotatable bonds is 5. The van der Waals surface area contributed by atoms with Crippen LogP contribution in [0.5, 0.6) is 0 Å². The van der Waals surface area contributed by atoms with Crippen molar-refractivity contribution in [3.8, 4) is 0 Å². The molecule has 0 amide bonds. The van der Waals surface area contributed by atoms with E-state index in [0.717, 1.165) is 18.0 Å². The number of hydrogen-bond donors (Lipinski definition) is 1. The summed E-state index contributed by atoms with van der Waals surface area (Å²) in [6.45, 7) is 7.08. The van der Waals surface area contributed by atoms with Gasteiger partial charge >= 0.3 is 0 Å². The minimum Gasteiger partial charge on any atom is -0.383 e. The number of aromatic nitrogens is 1. The zero-order chi connectivity index (χ0) is 11.3. The molecule has 0 aliphatic heterocycles. The lowest BCUT2D eigenvalue weighted by Crippen LogP contribution is -2.30. The number of pyridine rings is 1. The molecule has 0 aliphatic carbocycles. The zero-order valence-corrected chi connectivity index (χ0v) is 9.95. The van der Waals surface area contributed by atoms with E-state index in [0.29, 0.717) is 12.0 Å². The largest absolute Gasteiger partial charge is 0.383 e. The predicted molar refractivity (Wildman–Crippen MR) is 63.1 cm³/mol. The number of anilines is 1. The minimum absolute atomic E-state index is 0.344. The number of ether oxygens (including phenoxy) is 1. The first-order chi connectivity index (χ1) is 7.13. The van der Waals surface area contributed by atoms with Crippen LogP contribution in [0.15, 0.2) is 18.3 Å². The van der Waals surface area contributed by atoms with E-state index < -0.39 is 0 Å². The van der Waals surface area contributed by atoms with Gasteiger partial charge in [0.05, 0.1) is 12.6 Å². The van der Waals surface area contributed by atoms with Gasteiger partial charge in [-0.2, -0.15) is 0 Å². The lowest BCUT2D eigenvalue weighted by atomic mass is 10.1. The fourth-order valence-corrected chi connectivity index (χ4v) is 1.43. The quantitative estimate of drug-likeness (QED) is 0.807. The van der Waals surface area contributed by atoms with Gasteiger partial charge in [0, 0.05) is 24.7 Å². The van der Waals surface area contributed by atoms with E-state index in [9.17, 15) is 0 Å². The van der Waals surface area contributed by atoms with Crippen LogP contribution in [-0.2, 0) is 4.74 Å². The molecule has 1 atom stereocenters. The molecule has 1 rings (SSSR count). The van der Waals surface area contributed by atoms with Crippen LogP contribution >= 0.6 is 0 Å². The smallest absolute Gasteiger partial charge is 0.0666 e. The van der Waals surface area contributed by atoms with Gasteiger partial charge in [0.25, 0.3) is 0 Å². The summed E-state index contributed by atoms with van der Waals surface area (Å²) in [6, 6.07) is 4.38. The summed E-state index contributed by atoms with van der Waals surface area (Å²) in [7, 11) is 1.73. The average Bonchev–Trinajstić information content (AvgIpc) is 2.17. The van der Waals surface area contributed by atoms with Gasteiger partial charge in [-0.25, -0.2) is 0 Å². The number of methoxy groups -OCH3 is 1. The van der Waals surface area contributed by atoms with Crippen molar-refractivity contribution in [2.75, 3.05) is 19.0 Å². The predicted octanol–water partition coefficient (Wildman–Crippen LogP) is 2.47. The molecule has 0 bridgehead atoms. The Balaban J connectivity index is 2.65. The maximum Gasteiger partial charge on any atom is 0.0666 e. The van der Waals surface area contributed by atoms with Gasteiger partial charge in [0.2, 0.25) is 0 Å². The van der Waals surface area contributed by atoms with Crippen molar-refractivity contribution in [3.63, 3.8) is 0 Å². The first-order valence-corrected chi connectivity index (χ1v) is 5.31. The third kappa shape index (κ3) is 3.88. The Kier molecular flexibility index (Phi) is 4.56. The number of aryl methyl sites for hydroxylation is 1. The van der Waals surface area contributed by atoms with Crippen molar-refractivity contribution >= 4 is 5.69 Å². The second-order valence-corrected chi connectivity index (χ2v) is 4.14. The van der Waals surface area contributed by atoms with E-state index in [1.165, 1.54) is 0 Å². The average molecular weight is 208 g/mol. The van der Waals surface area contributed by atoms with E-state index >= 15 is 0 Å². The fraction of sp³-hybridized carbons (Fsp3) is 0.583. The third-order valence-corrected chi connectivity index (χ3v) is 2.40. The molecular formula is C12H20N2O. The highest BCUT2D eigenvalue weighted by Crippen LogP contribution is 2.13. The van der Waals surface area contributed by atoms with Crippen LogP contribution in [0.1, 0.15) is 19.5 Å². The van der Waals surface area contributed by atoms with E-state index in [1.54, 1.807) is 7.11 Å². The Morgan fingerprint density at radius 2 is 2.20 bits per heavy atom. The van der Waals surface area contributed by atoms with Crippen LogP contribution in [-0.4, -0.2) is 24.7 Å². The molecule has 1 heterocycles. The van der Waals surface area contributed by atoms with Gasteiger partial charge in [-0.15, -0.1) is 0 Å². The van der Waals surface area contributed by atoms with Crippen molar-refractivity contribution in [1.29, 1.82) is 0 Å². The standard InChI is InChI=1S/C12H20N2O/c1-9(2)12(8-15-4)14-11-5-6-13-10(3)7-11/h5-7,9,12H,8H2,1-4H3,(H,13,14). The van der Waals surface area contributed by atoms with Crippen LogP contribution in [0.3, 0.4) is 0 Å².